The SMILES string of the molecule is CCCCCCNC(=S)Nc1nn(Cc2ccccc2)cc1C(=O)OCC. The molecule has 0 saturated heterocycles. The van der Waals surface area contributed by atoms with Crippen LogP contribution in [0.1, 0.15) is 55.5 Å². The van der Waals surface area contributed by atoms with Crippen molar-refractivity contribution < 1.29 is 9.53 Å². The van der Waals surface area contributed by atoms with Crippen LogP contribution in [-0.2, 0) is 11.3 Å². The average Bonchev–Trinajstić information content (AvgIpc) is 3.05. The van der Waals surface area contributed by atoms with Crippen molar-refractivity contribution in [3.63, 3.8) is 0 Å². The molecule has 1 aromatic carbocycles. The van der Waals surface area contributed by atoms with Gasteiger partial charge < -0.3 is 15.4 Å². The fraction of sp³-hybridized carbons (Fsp3) is 0.450. The molecular formula is C20H28N4O2S. The van der Waals surface area contributed by atoms with Gasteiger partial charge in [-0.2, -0.15) is 5.10 Å². The molecule has 0 spiro atoms. The second-order valence-corrected chi connectivity index (χ2v) is 6.64. The van der Waals surface area contributed by atoms with E-state index >= 15 is 0 Å². The number of anilines is 1. The molecule has 27 heavy (non-hydrogen) atoms. The third-order valence-corrected chi connectivity index (χ3v) is 4.24. The van der Waals surface area contributed by atoms with E-state index in [2.05, 4.69) is 22.7 Å². The summed E-state index contributed by atoms with van der Waals surface area (Å²) >= 11 is 5.34. The summed E-state index contributed by atoms with van der Waals surface area (Å²) < 4.78 is 6.86. The molecule has 0 unspecified atom stereocenters. The van der Waals surface area contributed by atoms with Gasteiger partial charge >= 0.3 is 5.97 Å². The van der Waals surface area contributed by atoms with Crippen LogP contribution in [0.2, 0.25) is 0 Å². The van der Waals surface area contributed by atoms with E-state index in [9.17, 15) is 4.79 Å². The Morgan fingerprint density at radius 3 is 2.67 bits per heavy atom. The number of aromatic nitrogens is 2. The van der Waals surface area contributed by atoms with Crippen molar-refractivity contribution in [2.45, 2.75) is 46.1 Å². The van der Waals surface area contributed by atoms with Crippen LogP contribution in [-0.4, -0.2) is 34.0 Å². The molecule has 0 bridgehead atoms. The first-order valence-corrected chi connectivity index (χ1v) is 9.88. The largest absolute Gasteiger partial charge is 0.462 e. The smallest absolute Gasteiger partial charge is 0.343 e. The van der Waals surface area contributed by atoms with E-state index < -0.39 is 5.97 Å². The molecule has 0 saturated carbocycles. The molecule has 1 heterocycles. The molecule has 2 rings (SSSR count). The van der Waals surface area contributed by atoms with Gasteiger partial charge in [-0.3, -0.25) is 4.68 Å². The second kappa shape index (κ2) is 11.3. The molecule has 1 aromatic heterocycles. The number of unbranched alkanes of at least 4 members (excludes halogenated alkanes) is 3. The number of nitrogens with one attached hydrogen (secondary N) is 2. The number of hydrogen-bond acceptors (Lipinski definition) is 4. The summed E-state index contributed by atoms with van der Waals surface area (Å²) in [4.78, 5) is 12.3. The average molecular weight is 389 g/mol. The van der Waals surface area contributed by atoms with Crippen molar-refractivity contribution in [3.8, 4) is 0 Å². The van der Waals surface area contributed by atoms with Crippen molar-refractivity contribution in [2.24, 2.45) is 0 Å². The Hall–Kier alpha value is -2.41. The summed E-state index contributed by atoms with van der Waals surface area (Å²) in [5.74, 6) is 0.000460. The van der Waals surface area contributed by atoms with Crippen LogP contribution >= 0.6 is 12.2 Å². The molecule has 0 amide bonds. The Kier molecular flexibility index (Phi) is 8.77. The third-order valence-electron chi connectivity index (χ3n) is 3.99. The van der Waals surface area contributed by atoms with Crippen LogP contribution in [0.15, 0.2) is 36.5 Å². The maximum absolute atomic E-state index is 12.3. The number of rotatable bonds is 10. The number of thiocarbonyl (C=S) groups is 1. The van der Waals surface area contributed by atoms with Crippen LogP contribution in [0.3, 0.4) is 0 Å². The summed E-state index contributed by atoms with van der Waals surface area (Å²) in [5, 5.41) is 11.1. The minimum Gasteiger partial charge on any atom is -0.462 e. The highest BCUT2D eigenvalue weighted by atomic mass is 32.1. The molecule has 7 heteroatoms. The van der Waals surface area contributed by atoms with E-state index in [0.29, 0.717) is 29.6 Å². The van der Waals surface area contributed by atoms with Gasteiger partial charge in [-0.1, -0.05) is 56.5 Å². The predicted octanol–water partition coefficient (Wildman–Crippen LogP) is 3.97. The third kappa shape index (κ3) is 7.02. The first-order chi connectivity index (χ1) is 13.1. The second-order valence-electron chi connectivity index (χ2n) is 6.24. The first-order valence-electron chi connectivity index (χ1n) is 9.47. The topological polar surface area (TPSA) is 68.2 Å². The van der Waals surface area contributed by atoms with Gasteiger partial charge in [0.2, 0.25) is 0 Å². The quantitative estimate of drug-likeness (QED) is 0.365. The standard InChI is InChI=1S/C20H28N4O2S/c1-3-5-6-10-13-21-20(27)22-18-17(19(25)26-4-2)15-24(23-18)14-16-11-8-7-9-12-16/h7-9,11-12,15H,3-6,10,13-14H2,1-2H3,(H2,21,22,23,27). The molecule has 0 aliphatic heterocycles. The van der Waals surface area contributed by atoms with Gasteiger partial charge in [0.25, 0.3) is 0 Å². The molecule has 0 aliphatic rings. The van der Waals surface area contributed by atoms with Crippen molar-refractivity contribution in [1.82, 2.24) is 15.1 Å². The van der Waals surface area contributed by atoms with E-state index in [1.807, 2.05) is 30.3 Å². The van der Waals surface area contributed by atoms with E-state index in [0.717, 1.165) is 18.5 Å². The molecular weight excluding hydrogens is 360 g/mol. The monoisotopic (exact) mass is 388 g/mol. The number of ether oxygens (including phenoxy) is 1. The predicted molar refractivity (Wildman–Crippen MR) is 112 cm³/mol. The van der Waals surface area contributed by atoms with Gasteiger partial charge in [0.05, 0.1) is 13.2 Å². The van der Waals surface area contributed by atoms with Gasteiger partial charge in [0.15, 0.2) is 10.9 Å². The van der Waals surface area contributed by atoms with Gasteiger partial charge in [0.1, 0.15) is 5.56 Å². The summed E-state index contributed by atoms with van der Waals surface area (Å²) in [6, 6.07) is 9.94. The summed E-state index contributed by atoms with van der Waals surface area (Å²) in [5.41, 5.74) is 1.47. The lowest BCUT2D eigenvalue weighted by atomic mass is 10.2. The zero-order valence-corrected chi connectivity index (χ0v) is 16.8. The number of nitrogens with zero attached hydrogens (tertiary/aromatic N) is 2. The van der Waals surface area contributed by atoms with E-state index in [4.69, 9.17) is 17.0 Å². The summed E-state index contributed by atoms with van der Waals surface area (Å²) in [6.07, 6.45) is 6.34. The zero-order chi connectivity index (χ0) is 19.5. The Labute approximate surface area is 166 Å². The minimum absolute atomic E-state index is 0.308. The molecule has 2 aromatic rings. The van der Waals surface area contributed by atoms with Crippen molar-refractivity contribution >= 4 is 29.1 Å². The maximum Gasteiger partial charge on any atom is 0.343 e. The maximum atomic E-state index is 12.3. The highest BCUT2D eigenvalue weighted by Crippen LogP contribution is 2.16. The lowest BCUT2D eigenvalue weighted by molar-refractivity contribution is 0.0527. The lowest BCUT2D eigenvalue weighted by Crippen LogP contribution is -2.30. The van der Waals surface area contributed by atoms with Gasteiger partial charge in [-0.15, -0.1) is 0 Å². The lowest BCUT2D eigenvalue weighted by Gasteiger charge is -2.09. The highest BCUT2D eigenvalue weighted by Gasteiger charge is 2.18. The number of carbonyl (C=O) groups excluding carboxylic acids is 1. The minimum atomic E-state index is -0.412. The fourth-order valence-corrected chi connectivity index (χ4v) is 2.83. The fourth-order valence-electron chi connectivity index (χ4n) is 2.63. The van der Waals surface area contributed by atoms with Gasteiger partial charge in [-0.05, 0) is 31.1 Å². The van der Waals surface area contributed by atoms with Crippen molar-refractivity contribution in [3.05, 3.63) is 47.7 Å². The zero-order valence-electron chi connectivity index (χ0n) is 16.0. The van der Waals surface area contributed by atoms with Crippen molar-refractivity contribution in [1.29, 1.82) is 0 Å². The van der Waals surface area contributed by atoms with Crippen LogP contribution in [0.25, 0.3) is 0 Å². The van der Waals surface area contributed by atoms with Crippen LogP contribution < -0.4 is 10.6 Å². The number of esters is 1. The van der Waals surface area contributed by atoms with E-state index in [-0.39, 0.29) is 0 Å². The number of benzene rings is 1. The molecule has 0 fully saturated rings. The van der Waals surface area contributed by atoms with E-state index in [1.165, 1.54) is 19.3 Å². The molecule has 0 aliphatic carbocycles. The number of hydrogen-bond donors (Lipinski definition) is 2. The van der Waals surface area contributed by atoms with Crippen LogP contribution in [0, 0.1) is 0 Å². The number of carbonyl (C=O) groups is 1. The van der Waals surface area contributed by atoms with Gasteiger partial charge in [-0.25, -0.2) is 4.79 Å². The van der Waals surface area contributed by atoms with Gasteiger partial charge in [0, 0.05) is 12.7 Å². The Morgan fingerprint density at radius 1 is 1.19 bits per heavy atom. The Morgan fingerprint density at radius 2 is 1.96 bits per heavy atom. The molecule has 0 atom stereocenters. The first kappa shape index (κ1) is 20.9. The summed E-state index contributed by atoms with van der Waals surface area (Å²) in [7, 11) is 0. The Balaban J connectivity index is 2.03. The van der Waals surface area contributed by atoms with Crippen LogP contribution in [0.5, 0.6) is 0 Å². The van der Waals surface area contributed by atoms with E-state index in [1.54, 1.807) is 17.8 Å². The highest BCUT2D eigenvalue weighted by molar-refractivity contribution is 7.80. The Bertz CT molecular complexity index is 731. The van der Waals surface area contributed by atoms with Crippen LogP contribution in [0.4, 0.5) is 5.82 Å². The summed E-state index contributed by atoms with van der Waals surface area (Å²) in [6.45, 7) is 5.63. The molecule has 146 valence electrons. The van der Waals surface area contributed by atoms with Crippen molar-refractivity contribution in [2.75, 3.05) is 18.5 Å². The molecule has 0 radical (unpaired) electrons. The molecule has 2 N–H and O–H groups in total. The normalized spacial score (nSPS) is 10.4. The molecule has 6 nitrogen and oxygen atoms in total.